The van der Waals surface area contributed by atoms with Crippen LogP contribution in [-0.4, -0.2) is 17.4 Å². The van der Waals surface area contributed by atoms with Crippen LogP contribution in [0, 0.1) is 0 Å². The molecule has 2 heterocycles. The summed E-state index contributed by atoms with van der Waals surface area (Å²) in [6.45, 7) is 5.19. The molecule has 0 unspecified atom stereocenters. The van der Waals surface area contributed by atoms with Crippen LogP contribution < -0.4 is 10.6 Å². The number of nitrogens with one attached hydrogen (secondary N) is 2. The maximum absolute atomic E-state index is 11.1. The third-order valence-electron chi connectivity index (χ3n) is 2.37. The maximum atomic E-state index is 11.1. The molecule has 1 aromatic heterocycles. The number of hydrogen-bond donors (Lipinski definition) is 2. The summed E-state index contributed by atoms with van der Waals surface area (Å²) < 4.78 is 0. The van der Waals surface area contributed by atoms with Crippen LogP contribution in [-0.2, 0) is 17.8 Å². The van der Waals surface area contributed by atoms with Gasteiger partial charge in [-0.05, 0) is 17.7 Å². The van der Waals surface area contributed by atoms with Gasteiger partial charge in [0.05, 0.1) is 11.9 Å². The molecule has 1 aliphatic heterocycles. The fourth-order valence-electron chi connectivity index (χ4n) is 1.61. The van der Waals surface area contributed by atoms with E-state index in [1.165, 1.54) is 6.08 Å². The van der Waals surface area contributed by atoms with Crippen molar-refractivity contribution in [2.75, 3.05) is 11.9 Å². The Morgan fingerprint density at radius 1 is 1.67 bits per heavy atom. The van der Waals surface area contributed by atoms with Crippen molar-refractivity contribution in [3.8, 4) is 0 Å². The van der Waals surface area contributed by atoms with Crippen molar-refractivity contribution in [2.45, 2.75) is 13.0 Å². The van der Waals surface area contributed by atoms with E-state index in [0.29, 0.717) is 0 Å². The number of carbonyl (C=O) groups excluding carboxylic acids is 1. The van der Waals surface area contributed by atoms with Crippen LogP contribution in [0.25, 0.3) is 0 Å². The Morgan fingerprint density at radius 2 is 2.53 bits per heavy atom. The first-order valence-corrected chi connectivity index (χ1v) is 4.91. The lowest BCUT2D eigenvalue weighted by Crippen LogP contribution is -2.24. The highest BCUT2D eigenvalue weighted by Crippen LogP contribution is 2.15. The highest BCUT2D eigenvalue weighted by molar-refractivity contribution is 5.98. The van der Waals surface area contributed by atoms with E-state index >= 15 is 0 Å². The van der Waals surface area contributed by atoms with Crippen molar-refractivity contribution in [1.82, 2.24) is 10.3 Å². The van der Waals surface area contributed by atoms with Crippen molar-refractivity contribution in [2.24, 2.45) is 0 Å². The number of amides is 1. The largest absolute Gasteiger partial charge is 0.321 e. The topological polar surface area (TPSA) is 54.0 Å². The zero-order chi connectivity index (χ0) is 10.7. The van der Waals surface area contributed by atoms with E-state index < -0.39 is 0 Å². The number of carbonyl (C=O) groups is 1. The summed E-state index contributed by atoms with van der Waals surface area (Å²) in [6.07, 6.45) is 3.88. The smallest absolute Gasteiger partial charge is 0.247 e. The van der Waals surface area contributed by atoms with Gasteiger partial charge in [-0.1, -0.05) is 6.58 Å². The molecule has 1 amide bonds. The van der Waals surface area contributed by atoms with Crippen LogP contribution in [0.1, 0.15) is 11.3 Å². The van der Waals surface area contributed by atoms with E-state index in [1.807, 2.05) is 6.07 Å². The molecular formula is C11H13N3O. The summed E-state index contributed by atoms with van der Waals surface area (Å²) in [5.74, 6) is -0.208. The highest BCUT2D eigenvalue weighted by atomic mass is 16.1. The number of fused-ring (bicyclic) bond motifs is 1. The van der Waals surface area contributed by atoms with E-state index in [9.17, 15) is 4.79 Å². The molecule has 0 radical (unpaired) electrons. The second kappa shape index (κ2) is 4.23. The molecule has 0 saturated heterocycles. The fraction of sp³-hybridized carbons (Fsp3) is 0.273. The van der Waals surface area contributed by atoms with Gasteiger partial charge in [0.2, 0.25) is 5.91 Å². The normalized spacial score (nSPS) is 14.1. The van der Waals surface area contributed by atoms with Gasteiger partial charge in [-0.15, -0.1) is 0 Å². The van der Waals surface area contributed by atoms with E-state index in [2.05, 4.69) is 22.2 Å². The molecule has 0 aromatic carbocycles. The van der Waals surface area contributed by atoms with Crippen LogP contribution in [0.3, 0.4) is 0 Å². The standard InChI is InChI=1S/C11H13N3O/c1-2-11(15)14-9-5-8-6-12-4-3-10(8)13-7-9/h2,5,7,12H,1,3-4,6H2,(H,14,15). The molecule has 0 spiro atoms. The minimum absolute atomic E-state index is 0.208. The van der Waals surface area contributed by atoms with Crippen molar-refractivity contribution in [3.63, 3.8) is 0 Å². The average Bonchev–Trinajstić information content (AvgIpc) is 2.29. The van der Waals surface area contributed by atoms with Crippen molar-refractivity contribution >= 4 is 11.6 Å². The Kier molecular flexibility index (Phi) is 2.78. The number of anilines is 1. The first-order valence-electron chi connectivity index (χ1n) is 4.91. The van der Waals surface area contributed by atoms with Gasteiger partial charge in [-0.25, -0.2) is 0 Å². The van der Waals surface area contributed by atoms with Crippen molar-refractivity contribution < 1.29 is 4.79 Å². The van der Waals surface area contributed by atoms with Crippen LogP contribution >= 0.6 is 0 Å². The zero-order valence-corrected chi connectivity index (χ0v) is 8.42. The van der Waals surface area contributed by atoms with Gasteiger partial charge in [-0.3, -0.25) is 9.78 Å². The summed E-state index contributed by atoms with van der Waals surface area (Å²) in [7, 11) is 0. The zero-order valence-electron chi connectivity index (χ0n) is 8.42. The predicted octanol–water partition coefficient (Wildman–Crippen LogP) is 0.852. The molecule has 78 valence electrons. The number of hydrogen-bond acceptors (Lipinski definition) is 3. The quantitative estimate of drug-likeness (QED) is 0.701. The van der Waals surface area contributed by atoms with Gasteiger partial charge in [0.15, 0.2) is 0 Å². The summed E-state index contributed by atoms with van der Waals surface area (Å²) >= 11 is 0. The molecule has 2 rings (SSSR count). The van der Waals surface area contributed by atoms with Crippen LogP contribution in [0.5, 0.6) is 0 Å². The number of rotatable bonds is 2. The highest BCUT2D eigenvalue weighted by Gasteiger charge is 2.10. The molecule has 0 atom stereocenters. The number of aromatic nitrogens is 1. The van der Waals surface area contributed by atoms with Gasteiger partial charge >= 0.3 is 0 Å². The van der Waals surface area contributed by atoms with Gasteiger partial charge in [0.1, 0.15) is 0 Å². The second-order valence-electron chi connectivity index (χ2n) is 3.45. The van der Waals surface area contributed by atoms with Gasteiger partial charge in [-0.2, -0.15) is 0 Å². The molecule has 0 bridgehead atoms. The van der Waals surface area contributed by atoms with Crippen LogP contribution in [0.2, 0.25) is 0 Å². The summed E-state index contributed by atoms with van der Waals surface area (Å²) in [5, 5.41) is 5.96. The summed E-state index contributed by atoms with van der Waals surface area (Å²) in [4.78, 5) is 15.4. The van der Waals surface area contributed by atoms with Crippen molar-refractivity contribution in [3.05, 3.63) is 36.2 Å². The molecular weight excluding hydrogens is 190 g/mol. The Balaban J connectivity index is 2.20. The fourth-order valence-corrected chi connectivity index (χ4v) is 1.61. The summed E-state index contributed by atoms with van der Waals surface area (Å²) in [6, 6.07) is 1.95. The van der Waals surface area contributed by atoms with E-state index in [0.717, 1.165) is 36.5 Å². The minimum atomic E-state index is -0.208. The van der Waals surface area contributed by atoms with Gasteiger partial charge in [0.25, 0.3) is 0 Å². The van der Waals surface area contributed by atoms with Crippen LogP contribution in [0.15, 0.2) is 24.9 Å². The lowest BCUT2D eigenvalue weighted by Gasteiger charge is -2.16. The lowest BCUT2D eigenvalue weighted by atomic mass is 10.1. The molecule has 0 aliphatic carbocycles. The molecule has 4 heteroatoms. The Labute approximate surface area is 88.4 Å². The molecule has 15 heavy (non-hydrogen) atoms. The molecule has 1 aliphatic rings. The Bertz CT molecular complexity index is 401. The third-order valence-corrected chi connectivity index (χ3v) is 2.37. The maximum Gasteiger partial charge on any atom is 0.247 e. The van der Waals surface area contributed by atoms with Gasteiger partial charge < -0.3 is 10.6 Å². The molecule has 4 nitrogen and oxygen atoms in total. The molecule has 2 N–H and O–H groups in total. The third kappa shape index (κ3) is 2.22. The SMILES string of the molecule is C=CC(=O)Nc1cnc2c(c1)CNCC2. The first kappa shape index (κ1) is 9.86. The lowest BCUT2D eigenvalue weighted by molar-refractivity contribution is -0.111. The Hall–Kier alpha value is -1.68. The number of pyridine rings is 1. The van der Waals surface area contributed by atoms with Crippen molar-refractivity contribution in [1.29, 1.82) is 0 Å². The number of nitrogens with zero attached hydrogens (tertiary/aromatic N) is 1. The summed E-state index contributed by atoms with van der Waals surface area (Å²) in [5.41, 5.74) is 3.00. The monoisotopic (exact) mass is 203 g/mol. The minimum Gasteiger partial charge on any atom is -0.321 e. The van der Waals surface area contributed by atoms with Crippen LogP contribution in [0.4, 0.5) is 5.69 Å². The van der Waals surface area contributed by atoms with E-state index in [-0.39, 0.29) is 5.91 Å². The average molecular weight is 203 g/mol. The molecule has 1 aromatic rings. The Morgan fingerprint density at radius 3 is 3.33 bits per heavy atom. The van der Waals surface area contributed by atoms with E-state index in [4.69, 9.17) is 0 Å². The second-order valence-corrected chi connectivity index (χ2v) is 3.45. The van der Waals surface area contributed by atoms with Gasteiger partial charge in [0, 0.05) is 25.2 Å². The molecule has 0 fully saturated rings. The predicted molar refractivity (Wildman–Crippen MR) is 58.5 cm³/mol. The first-order chi connectivity index (χ1) is 7.29. The molecule has 0 saturated carbocycles. The van der Waals surface area contributed by atoms with E-state index in [1.54, 1.807) is 6.20 Å².